The Bertz CT molecular complexity index is 747. The minimum absolute atomic E-state index is 0.213. The normalized spacial score (nSPS) is 10.6. The van der Waals surface area contributed by atoms with Crippen LogP contribution in [0.1, 0.15) is 21.5 Å². The summed E-state index contributed by atoms with van der Waals surface area (Å²) in [5, 5.41) is 3.28. The molecule has 0 saturated carbocycles. The smallest absolute Gasteiger partial charge is 0.251 e. The third-order valence-electron chi connectivity index (χ3n) is 3.80. The molecule has 1 amide bonds. The third-order valence-corrected chi connectivity index (χ3v) is 4.08. The largest absolute Gasteiger partial charge is 0.493 e. The van der Waals surface area contributed by atoms with Crippen molar-refractivity contribution < 1.29 is 19.2 Å². The maximum absolute atomic E-state index is 12.5. The number of carbonyl (C=O) groups is 1. The number of nitrogens with one attached hydrogen (secondary N) is 2. The van der Waals surface area contributed by atoms with Crippen molar-refractivity contribution in [3.05, 3.63) is 58.1 Å². The Morgan fingerprint density at radius 2 is 1.80 bits per heavy atom. The van der Waals surface area contributed by atoms with Crippen LogP contribution in [0.5, 0.6) is 11.5 Å². The molecule has 0 aliphatic heterocycles. The molecule has 0 bridgehead atoms. The number of carbonyl (C=O) groups excluding carboxylic acids is 1. The van der Waals surface area contributed by atoms with Gasteiger partial charge < -0.3 is 19.7 Å². The van der Waals surface area contributed by atoms with E-state index in [0.717, 1.165) is 12.1 Å². The van der Waals surface area contributed by atoms with Crippen molar-refractivity contribution >= 4 is 17.5 Å². The number of hydrogen-bond donors (Lipinski definition) is 2. The molecule has 25 heavy (non-hydrogen) atoms. The summed E-state index contributed by atoms with van der Waals surface area (Å²) in [5.41, 5.74) is 2.75. The van der Waals surface area contributed by atoms with Crippen molar-refractivity contribution in [3.63, 3.8) is 0 Å². The van der Waals surface area contributed by atoms with E-state index in [-0.39, 0.29) is 5.91 Å². The van der Waals surface area contributed by atoms with E-state index in [9.17, 15) is 4.79 Å². The second-order valence-electron chi connectivity index (χ2n) is 6.03. The van der Waals surface area contributed by atoms with Gasteiger partial charge in [-0.3, -0.25) is 4.79 Å². The van der Waals surface area contributed by atoms with Gasteiger partial charge in [0.2, 0.25) is 0 Å². The molecule has 2 rings (SSSR count). The van der Waals surface area contributed by atoms with E-state index in [4.69, 9.17) is 21.1 Å². The first-order valence-corrected chi connectivity index (χ1v) is 8.39. The van der Waals surface area contributed by atoms with E-state index in [1.807, 2.05) is 18.2 Å². The van der Waals surface area contributed by atoms with Crippen LogP contribution in [0.3, 0.4) is 0 Å². The summed E-state index contributed by atoms with van der Waals surface area (Å²) in [6.07, 6.45) is 0. The Kier molecular flexibility index (Phi) is 6.67. The summed E-state index contributed by atoms with van der Waals surface area (Å²) in [6.45, 7) is 1.35. The van der Waals surface area contributed by atoms with Crippen molar-refractivity contribution in [1.82, 2.24) is 5.32 Å². The van der Waals surface area contributed by atoms with Crippen molar-refractivity contribution in [2.75, 3.05) is 28.3 Å². The van der Waals surface area contributed by atoms with Crippen LogP contribution in [0.15, 0.2) is 36.4 Å². The van der Waals surface area contributed by atoms with Crippen LogP contribution in [-0.2, 0) is 13.1 Å². The zero-order valence-electron chi connectivity index (χ0n) is 15.0. The van der Waals surface area contributed by atoms with E-state index >= 15 is 0 Å². The van der Waals surface area contributed by atoms with Crippen LogP contribution < -0.4 is 19.7 Å². The molecule has 0 aliphatic rings. The highest BCUT2D eigenvalue weighted by atomic mass is 35.5. The molecule has 0 radical (unpaired) electrons. The fourth-order valence-corrected chi connectivity index (χ4v) is 2.90. The summed E-state index contributed by atoms with van der Waals surface area (Å²) in [7, 11) is 7.21. The maximum atomic E-state index is 12.5. The predicted molar refractivity (Wildman–Crippen MR) is 98.7 cm³/mol. The Labute approximate surface area is 153 Å². The number of amides is 1. The molecule has 0 fully saturated rings. The molecule has 0 aliphatic carbocycles. The monoisotopic (exact) mass is 363 g/mol. The van der Waals surface area contributed by atoms with Crippen LogP contribution in [0, 0.1) is 0 Å². The van der Waals surface area contributed by atoms with E-state index in [1.165, 1.54) is 24.7 Å². The van der Waals surface area contributed by atoms with E-state index in [2.05, 4.69) is 25.5 Å². The molecule has 0 spiro atoms. The molecule has 5 nitrogen and oxygen atoms in total. The molecule has 2 aromatic rings. The summed E-state index contributed by atoms with van der Waals surface area (Å²) in [5.74, 6) is 0.631. The van der Waals surface area contributed by atoms with Gasteiger partial charge in [-0.25, -0.2) is 0 Å². The topological polar surface area (TPSA) is 52.0 Å². The number of halogens is 1. The van der Waals surface area contributed by atoms with Gasteiger partial charge in [0.15, 0.2) is 11.5 Å². The molecule has 134 valence electrons. The second-order valence-corrected chi connectivity index (χ2v) is 6.44. The molecule has 0 unspecified atom stereocenters. The van der Waals surface area contributed by atoms with E-state index in [0.29, 0.717) is 28.6 Å². The zero-order chi connectivity index (χ0) is 18.4. The molecule has 0 atom stereocenters. The van der Waals surface area contributed by atoms with Gasteiger partial charge in [0.25, 0.3) is 5.91 Å². The predicted octanol–water partition coefficient (Wildman–Crippen LogP) is 1.93. The SMILES string of the molecule is COc1cc(C(=O)NCc2ccccc2C[NH+](C)C)cc(Cl)c1OC. The summed E-state index contributed by atoms with van der Waals surface area (Å²) < 4.78 is 10.4. The van der Waals surface area contributed by atoms with Crippen molar-refractivity contribution in [2.24, 2.45) is 0 Å². The van der Waals surface area contributed by atoms with Crippen LogP contribution >= 0.6 is 11.6 Å². The van der Waals surface area contributed by atoms with Crippen LogP contribution in [-0.4, -0.2) is 34.2 Å². The van der Waals surface area contributed by atoms with Crippen molar-refractivity contribution in [3.8, 4) is 11.5 Å². The molecule has 6 heteroatoms. The quantitative estimate of drug-likeness (QED) is 0.790. The van der Waals surface area contributed by atoms with Gasteiger partial charge in [0.05, 0.1) is 33.3 Å². The van der Waals surface area contributed by atoms with Gasteiger partial charge in [-0.15, -0.1) is 0 Å². The van der Waals surface area contributed by atoms with Gasteiger partial charge in [-0.2, -0.15) is 0 Å². The number of rotatable bonds is 7. The highest BCUT2D eigenvalue weighted by molar-refractivity contribution is 6.32. The third kappa shape index (κ3) is 4.87. The number of ether oxygens (including phenoxy) is 2. The average Bonchev–Trinajstić information content (AvgIpc) is 2.59. The highest BCUT2D eigenvalue weighted by Gasteiger charge is 2.15. The molecule has 0 saturated heterocycles. The van der Waals surface area contributed by atoms with Crippen molar-refractivity contribution in [1.29, 1.82) is 0 Å². The average molecular weight is 364 g/mol. The summed E-state index contributed by atoms with van der Waals surface area (Å²) >= 11 is 6.17. The number of benzene rings is 2. The van der Waals surface area contributed by atoms with Crippen LogP contribution in [0.2, 0.25) is 5.02 Å². The maximum Gasteiger partial charge on any atom is 0.251 e. The first kappa shape index (κ1) is 19.1. The Morgan fingerprint density at radius 3 is 2.40 bits per heavy atom. The molecular formula is C19H24ClN2O3+. The summed E-state index contributed by atoms with van der Waals surface area (Å²) in [6, 6.07) is 11.3. The van der Waals surface area contributed by atoms with Gasteiger partial charge in [-0.1, -0.05) is 35.9 Å². The lowest BCUT2D eigenvalue weighted by molar-refractivity contribution is -0.872. The first-order valence-electron chi connectivity index (χ1n) is 8.01. The van der Waals surface area contributed by atoms with Gasteiger partial charge >= 0.3 is 0 Å². The molecule has 2 N–H and O–H groups in total. The van der Waals surface area contributed by atoms with E-state index < -0.39 is 0 Å². The lowest BCUT2D eigenvalue weighted by atomic mass is 10.1. The lowest BCUT2D eigenvalue weighted by Gasteiger charge is -2.14. The zero-order valence-corrected chi connectivity index (χ0v) is 15.7. The summed E-state index contributed by atoms with van der Waals surface area (Å²) in [4.78, 5) is 13.8. The Balaban J connectivity index is 2.15. The molecule has 0 aromatic heterocycles. The highest BCUT2D eigenvalue weighted by Crippen LogP contribution is 2.35. The van der Waals surface area contributed by atoms with E-state index in [1.54, 1.807) is 12.1 Å². The molecule has 2 aromatic carbocycles. The Morgan fingerprint density at radius 1 is 1.12 bits per heavy atom. The number of quaternary nitrogens is 1. The standard InChI is InChI=1S/C19H23ClN2O3/c1-22(2)12-14-8-6-5-7-13(14)11-21-19(23)15-9-16(20)18(25-4)17(10-15)24-3/h5-10H,11-12H2,1-4H3,(H,21,23)/p+1. The van der Waals surface area contributed by atoms with Crippen molar-refractivity contribution in [2.45, 2.75) is 13.1 Å². The Hall–Kier alpha value is -2.24. The van der Waals surface area contributed by atoms with Crippen LogP contribution in [0.4, 0.5) is 0 Å². The fraction of sp³-hybridized carbons (Fsp3) is 0.316. The first-order chi connectivity index (χ1) is 12.0. The number of methoxy groups -OCH3 is 2. The minimum Gasteiger partial charge on any atom is -0.493 e. The lowest BCUT2D eigenvalue weighted by Crippen LogP contribution is -3.04. The fourth-order valence-electron chi connectivity index (χ4n) is 2.61. The minimum atomic E-state index is -0.213. The van der Waals surface area contributed by atoms with Crippen LogP contribution in [0.25, 0.3) is 0 Å². The van der Waals surface area contributed by atoms with Gasteiger partial charge in [0.1, 0.15) is 6.54 Å². The second kappa shape index (κ2) is 8.74. The molecule has 0 heterocycles. The van der Waals surface area contributed by atoms with Gasteiger partial charge in [-0.05, 0) is 17.7 Å². The molecular weight excluding hydrogens is 340 g/mol. The number of hydrogen-bond acceptors (Lipinski definition) is 3. The van der Waals surface area contributed by atoms with Gasteiger partial charge in [0, 0.05) is 17.7 Å².